The number of rotatable bonds is 3. The van der Waals surface area contributed by atoms with Gasteiger partial charge >= 0.3 is 0 Å². The van der Waals surface area contributed by atoms with Gasteiger partial charge in [0.05, 0.1) is 11.3 Å². The Balaban J connectivity index is 1.73. The zero-order valence-electron chi connectivity index (χ0n) is 13.4. The summed E-state index contributed by atoms with van der Waals surface area (Å²) in [5, 5.41) is 4.07. The van der Waals surface area contributed by atoms with Crippen LogP contribution in [0, 0.1) is 0 Å². The normalized spacial score (nSPS) is 13.5. The quantitative estimate of drug-likeness (QED) is 0.667. The second kappa shape index (κ2) is 6.33. The lowest BCUT2D eigenvalue weighted by Gasteiger charge is -2.28. The summed E-state index contributed by atoms with van der Waals surface area (Å²) in [6.07, 6.45) is 0. The van der Waals surface area contributed by atoms with Crippen LogP contribution < -0.4 is 9.64 Å². The highest BCUT2D eigenvalue weighted by atomic mass is 79.9. The summed E-state index contributed by atoms with van der Waals surface area (Å²) >= 11 is 3.48. The predicted molar refractivity (Wildman–Crippen MR) is 96.4 cm³/mol. The fraction of sp³-hybridized carbons (Fsp3) is 0.167. The summed E-state index contributed by atoms with van der Waals surface area (Å²) in [5.74, 6) is 1.51. The number of hydrogen-bond acceptors (Lipinski definition) is 5. The third-order valence-electron chi connectivity index (χ3n) is 4.01. The molecular weight excluding hydrogens is 386 g/mol. The van der Waals surface area contributed by atoms with E-state index in [2.05, 4.69) is 26.1 Å². The van der Waals surface area contributed by atoms with Gasteiger partial charge in [0, 0.05) is 16.6 Å². The molecule has 1 aliphatic heterocycles. The number of benzene rings is 2. The molecule has 0 fully saturated rings. The molecule has 0 saturated heterocycles. The van der Waals surface area contributed by atoms with Gasteiger partial charge in [-0.25, -0.2) is 0 Å². The van der Waals surface area contributed by atoms with Crippen LogP contribution in [0.4, 0.5) is 5.69 Å². The Morgan fingerprint density at radius 1 is 1.24 bits per heavy atom. The zero-order chi connectivity index (χ0) is 17.4. The second-order valence-electron chi connectivity index (χ2n) is 5.51. The first-order valence-corrected chi connectivity index (χ1v) is 8.63. The first-order chi connectivity index (χ1) is 12.2. The lowest BCUT2D eigenvalue weighted by Crippen LogP contribution is -2.38. The Morgan fingerprint density at radius 3 is 2.88 bits per heavy atom. The summed E-state index contributed by atoms with van der Waals surface area (Å²) in [7, 11) is 0. The molecule has 0 saturated carbocycles. The van der Waals surface area contributed by atoms with E-state index in [0.29, 0.717) is 24.0 Å². The van der Waals surface area contributed by atoms with E-state index in [4.69, 9.17) is 9.26 Å². The Labute approximate surface area is 152 Å². The van der Waals surface area contributed by atoms with E-state index >= 15 is 0 Å². The lowest BCUT2D eigenvalue weighted by molar-refractivity contribution is -0.121. The first kappa shape index (κ1) is 15.8. The maximum atomic E-state index is 12.0. The Bertz CT molecular complexity index is 954. The van der Waals surface area contributed by atoms with Crippen LogP contribution in [0.15, 0.2) is 51.5 Å². The van der Waals surface area contributed by atoms with E-state index in [1.165, 1.54) is 0 Å². The van der Waals surface area contributed by atoms with Crippen LogP contribution in [-0.4, -0.2) is 29.2 Å². The molecule has 0 N–H and O–H groups in total. The fourth-order valence-corrected chi connectivity index (χ4v) is 3.23. The molecule has 126 valence electrons. The molecule has 0 aliphatic carbocycles. The molecular formula is C18H14BrN3O3. The molecule has 7 heteroatoms. The van der Waals surface area contributed by atoms with Gasteiger partial charge in [-0.3, -0.25) is 4.79 Å². The zero-order valence-corrected chi connectivity index (χ0v) is 15.0. The first-order valence-electron chi connectivity index (χ1n) is 7.83. The largest absolute Gasteiger partial charge is 0.482 e. The number of ether oxygens (including phenoxy) is 1. The molecule has 6 nitrogen and oxygen atoms in total. The molecule has 3 aromatic rings. The molecule has 0 atom stereocenters. The van der Waals surface area contributed by atoms with Gasteiger partial charge in [-0.15, -0.1) is 0 Å². The molecule has 2 heterocycles. The van der Waals surface area contributed by atoms with Crippen molar-refractivity contribution < 1.29 is 14.1 Å². The predicted octanol–water partition coefficient (Wildman–Crippen LogP) is 3.91. The minimum atomic E-state index is -0.0610. The number of fused-ring (bicyclic) bond motifs is 1. The van der Waals surface area contributed by atoms with E-state index in [-0.39, 0.29) is 12.5 Å². The molecule has 0 radical (unpaired) electrons. The molecule has 25 heavy (non-hydrogen) atoms. The number of likely N-dealkylation sites (N-methyl/N-ethyl adjacent to an activating group) is 1. The van der Waals surface area contributed by atoms with Gasteiger partial charge in [0.1, 0.15) is 5.75 Å². The van der Waals surface area contributed by atoms with Crippen LogP contribution in [0.3, 0.4) is 0 Å². The SMILES string of the molecule is CCN1C(=O)COc2ccc(-c3noc(-c4ccccc4Br)n3)cc21. The van der Waals surface area contributed by atoms with E-state index in [1.54, 1.807) is 4.90 Å². The summed E-state index contributed by atoms with van der Waals surface area (Å²) in [6.45, 7) is 2.57. The Kier molecular flexibility index (Phi) is 4.01. The van der Waals surface area contributed by atoms with E-state index in [1.807, 2.05) is 49.4 Å². The molecule has 2 aromatic carbocycles. The van der Waals surface area contributed by atoms with Gasteiger partial charge in [-0.1, -0.05) is 17.3 Å². The van der Waals surface area contributed by atoms with Crippen molar-refractivity contribution in [1.82, 2.24) is 10.1 Å². The average Bonchev–Trinajstić information content (AvgIpc) is 3.11. The van der Waals surface area contributed by atoms with Crippen molar-refractivity contribution in [2.24, 2.45) is 0 Å². The van der Waals surface area contributed by atoms with E-state index < -0.39 is 0 Å². The van der Waals surface area contributed by atoms with Crippen molar-refractivity contribution in [1.29, 1.82) is 0 Å². The van der Waals surface area contributed by atoms with Crippen LogP contribution in [0.5, 0.6) is 5.75 Å². The van der Waals surface area contributed by atoms with Crippen molar-refractivity contribution in [3.8, 4) is 28.6 Å². The van der Waals surface area contributed by atoms with Crippen LogP contribution in [0.1, 0.15) is 6.92 Å². The van der Waals surface area contributed by atoms with Gasteiger partial charge in [0.25, 0.3) is 11.8 Å². The van der Waals surface area contributed by atoms with Gasteiger partial charge < -0.3 is 14.2 Å². The summed E-state index contributed by atoms with van der Waals surface area (Å²) < 4.78 is 11.8. The number of hydrogen-bond donors (Lipinski definition) is 0. The molecule has 1 aromatic heterocycles. The maximum absolute atomic E-state index is 12.0. The Hall–Kier alpha value is -2.67. The number of halogens is 1. The Morgan fingerprint density at radius 2 is 2.08 bits per heavy atom. The highest BCUT2D eigenvalue weighted by molar-refractivity contribution is 9.10. The van der Waals surface area contributed by atoms with E-state index in [9.17, 15) is 4.79 Å². The topological polar surface area (TPSA) is 68.5 Å². The smallest absolute Gasteiger partial charge is 0.265 e. The minimum absolute atomic E-state index is 0.0610. The summed E-state index contributed by atoms with van der Waals surface area (Å²) in [6, 6.07) is 13.2. The second-order valence-corrected chi connectivity index (χ2v) is 6.37. The minimum Gasteiger partial charge on any atom is -0.482 e. The van der Waals surface area contributed by atoms with Gasteiger partial charge in [0.15, 0.2) is 6.61 Å². The van der Waals surface area contributed by atoms with Crippen molar-refractivity contribution in [2.45, 2.75) is 6.92 Å². The summed E-state index contributed by atoms with van der Waals surface area (Å²) in [5.41, 5.74) is 2.31. The fourth-order valence-electron chi connectivity index (χ4n) is 2.77. The molecule has 0 unspecified atom stereocenters. The molecule has 1 amide bonds. The van der Waals surface area contributed by atoms with Crippen LogP contribution in [0.25, 0.3) is 22.8 Å². The monoisotopic (exact) mass is 399 g/mol. The molecule has 1 aliphatic rings. The van der Waals surface area contributed by atoms with Crippen molar-refractivity contribution in [3.05, 3.63) is 46.9 Å². The van der Waals surface area contributed by atoms with E-state index in [0.717, 1.165) is 21.3 Å². The van der Waals surface area contributed by atoms with Gasteiger partial charge in [0.2, 0.25) is 5.82 Å². The summed E-state index contributed by atoms with van der Waals surface area (Å²) in [4.78, 5) is 18.2. The van der Waals surface area contributed by atoms with Crippen molar-refractivity contribution in [2.75, 3.05) is 18.1 Å². The van der Waals surface area contributed by atoms with Gasteiger partial charge in [-0.2, -0.15) is 4.98 Å². The average molecular weight is 400 g/mol. The molecule has 0 spiro atoms. The van der Waals surface area contributed by atoms with Crippen LogP contribution in [0.2, 0.25) is 0 Å². The number of anilines is 1. The number of aromatic nitrogens is 2. The third kappa shape index (κ3) is 2.80. The highest BCUT2D eigenvalue weighted by Gasteiger charge is 2.25. The van der Waals surface area contributed by atoms with Gasteiger partial charge in [-0.05, 0) is 53.2 Å². The number of nitrogens with zero attached hydrogens (tertiary/aromatic N) is 3. The van der Waals surface area contributed by atoms with Crippen LogP contribution >= 0.6 is 15.9 Å². The molecule has 0 bridgehead atoms. The van der Waals surface area contributed by atoms with Crippen LogP contribution in [-0.2, 0) is 4.79 Å². The maximum Gasteiger partial charge on any atom is 0.265 e. The standard InChI is InChI=1S/C18H14BrN3O3/c1-2-22-14-9-11(7-8-15(14)24-10-16(22)23)17-20-18(25-21-17)12-5-3-4-6-13(12)19/h3-9H,2,10H2,1H3. The highest BCUT2D eigenvalue weighted by Crippen LogP contribution is 2.36. The van der Waals surface area contributed by atoms with Crippen molar-refractivity contribution in [3.63, 3.8) is 0 Å². The molecule has 4 rings (SSSR count). The number of carbonyl (C=O) groups is 1. The van der Waals surface area contributed by atoms with Crippen molar-refractivity contribution >= 4 is 27.5 Å². The third-order valence-corrected chi connectivity index (χ3v) is 4.70. The number of carbonyl (C=O) groups excluding carboxylic acids is 1. The number of amides is 1. The lowest BCUT2D eigenvalue weighted by atomic mass is 10.1.